The van der Waals surface area contributed by atoms with Crippen LogP contribution in [0, 0.1) is 0 Å². The lowest BCUT2D eigenvalue weighted by molar-refractivity contribution is -0.396. The third kappa shape index (κ3) is 4.14. The molecule has 0 saturated heterocycles. The van der Waals surface area contributed by atoms with Crippen LogP contribution in [0.15, 0.2) is 24.3 Å². The van der Waals surface area contributed by atoms with E-state index in [1.54, 1.807) is 0 Å². The van der Waals surface area contributed by atoms with Gasteiger partial charge in [0.1, 0.15) is 13.3 Å². The van der Waals surface area contributed by atoms with Gasteiger partial charge in [0.15, 0.2) is 0 Å². The molecule has 0 unspecified atom stereocenters. The molecule has 0 aliphatic carbocycles. The van der Waals surface area contributed by atoms with Crippen molar-refractivity contribution >= 4 is 19.2 Å². The number of nitrogens with zero attached hydrogens (tertiary/aromatic N) is 1. The van der Waals surface area contributed by atoms with E-state index in [4.69, 9.17) is 0 Å². The van der Waals surface area contributed by atoms with E-state index in [2.05, 4.69) is 42.1 Å². The van der Waals surface area contributed by atoms with Crippen LogP contribution in [0.25, 0.3) is 0 Å². The number of fused-ring (bicyclic) bond motifs is 1. The predicted molar refractivity (Wildman–Crippen MR) is 52.2 cm³/mol. The zero-order valence-electron chi connectivity index (χ0n) is 8.13. The Balaban J connectivity index is 0.000000195. The minimum atomic E-state index is -6.00. The summed E-state index contributed by atoms with van der Waals surface area (Å²) in [4.78, 5) is 0. The van der Waals surface area contributed by atoms with E-state index in [1.165, 1.54) is 11.3 Å². The number of hydrogen-bond donors (Lipinski definition) is 0. The first kappa shape index (κ1) is 11.7. The molecule has 0 spiro atoms. The van der Waals surface area contributed by atoms with Crippen molar-refractivity contribution in [1.29, 1.82) is 0 Å². The number of halogens is 4. The van der Waals surface area contributed by atoms with E-state index in [9.17, 15) is 17.3 Å². The van der Waals surface area contributed by atoms with Gasteiger partial charge in [0.05, 0.1) is 6.42 Å². The predicted octanol–water partition coefficient (Wildman–Crippen LogP) is 2.89. The minimum absolute atomic E-state index is 1.09. The molecule has 2 rings (SSSR count). The zero-order valence-corrected chi connectivity index (χ0v) is 8.13. The summed E-state index contributed by atoms with van der Waals surface area (Å²) < 4.78 is 41.2. The summed E-state index contributed by atoms with van der Waals surface area (Å²) in [6.45, 7) is 0. The van der Waals surface area contributed by atoms with E-state index in [0.29, 0.717) is 0 Å². The fourth-order valence-corrected chi connectivity index (χ4v) is 1.36. The second-order valence-electron chi connectivity index (χ2n) is 3.12. The van der Waals surface area contributed by atoms with Crippen LogP contribution in [0.3, 0.4) is 0 Å². The van der Waals surface area contributed by atoms with Crippen molar-refractivity contribution in [3.05, 3.63) is 29.8 Å². The van der Waals surface area contributed by atoms with Crippen LogP contribution in [-0.2, 0) is 6.42 Å². The molecule has 82 valence electrons. The Bertz CT molecular complexity index is 367. The molecule has 0 aromatic heterocycles. The van der Waals surface area contributed by atoms with Crippen molar-refractivity contribution in [3.63, 3.8) is 0 Å². The molecule has 0 atom stereocenters. The number of hydrogen-bond acceptors (Lipinski definition) is 0. The molecule has 15 heavy (non-hydrogen) atoms. The smallest absolute Gasteiger partial charge is 0.418 e. The fourth-order valence-electron chi connectivity index (χ4n) is 1.36. The average Bonchev–Trinajstić information content (AvgIpc) is 2.46. The summed E-state index contributed by atoms with van der Waals surface area (Å²) in [5, 5.41) is 0. The Morgan fingerprint density at radius 3 is 2.20 bits per heavy atom. The number of benzene rings is 1. The summed E-state index contributed by atoms with van der Waals surface area (Å²) >= 11 is 0. The van der Waals surface area contributed by atoms with E-state index in [-0.39, 0.29) is 0 Å². The molecule has 1 aromatic carbocycles. The van der Waals surface area contributed by atoms with E-state index < -0.39 is 7.25 Å². The number of para-hydroxylation sites is 1. The highest BCUT2D eigenvalue weighted by Gasteiger charge is 2.20. The molecule has 1 aliphatic heterocycles. The van der Waals surface area contributed by atoms with Gasteiger partial charge in [-0.05, 0) is 0 Å². The van der Waals surface area contributed by atoms with Crippen molar-refractivity contribution in [3.8, 4) is 0 Å². The van der Waals surface area contributed by atoms with E-state index in [1.807, 2.05) is 0 Å². The molecule has 0 radical (unpaired) electrons. The second-order valence-corrected chi connectivity index (χ2v) is 3.12. The van der Waals surface area contributed by atoms with Gasteiger partial charge in [0.2, 0.25) is 5.69 Å². The molecule has 1 aliphatic rings. The number of rotatable bonds is 0. The molecule has 1 aromatic rings. The largest absolute Gasteiger partial charge is 0.673 e. The molecule has 0 bridgehead atoms. The topological polar surface area (TPSA) is 3.01 Å². The lowest BCUT2D eigenvalue weighted by Gasteiger charge is -1.94. The minimum Gasteiger partial charge on any atom is -0.418 e. The molecule has 0 amide bonds. The van der Waals surface area contributed by atoms with Gasteiger partial charge in [0, 0.05) is 11.6 Å². The van der Waals surface area contributed by atoms with Crippen LogP contribution in [0.5, 0.6) is 0 Å². The van der Waals surface area contributed by atoms with Crippen LogP contribution >= 0.6 is 0 Å². The highest BCUT2D eigenvalue weighted by atomic mass is 19.5. The molecule has 1 heterocycles. The third-order valence-electron chi connectivity index (χ3n) is 1.96. The Kier molecular flexibility index (Phi) is 3.50. The van der Waals surface area contributed by atoms with Crippen molar-refractivity contribution in [2.75, 3.05) is 7.05 Å². The standard InChI is InChI=1S/C9H10N.BF4/c1-10-7-6-8-4-2-3-5-9(8)10;2-1(3,4)5/h2-5,7H,6H2,1H3;/q+1;-1. The summed E-state index contributed by atoms with van der Waals surface area (Å²) in [6.07, 6.45) is 3.29. The van der Waals surface area contributed by atoms with Crippen molar-refractivity contribution in [1.82, 2.24) is 0 Å². The highest BCUT2D eigenvalue weighted by molar-refractivity contribution is 6.50. The maximum atomic E-state index is 9.75. The van der Waals surface area contributed by atoms with Gasteiger partial charge in [-0.25, -0.2) is 4.58 Å². The summed E-state index contributed by atoms with van der Waals surface area (Å²) in [5.41, 5.74) is 2.78. The Morgan fingerprint density at radius 2 is 1.67 bits per heavy atom. The first-order valence-corrected chi connectivity index (χ1v) is 4.39. The molecule has 0 saturated carbocycles. The van der Waals surface area contributed by atoms with Gasteiger partial charge in [-0.1, -0.05) is 18.2 Å². The lowest BCUT2D eigenvalue weighted by atomic mass is 10.2. The Labute approximate surface area is 85.1 Å². The van der Waals surface area contributed by atoms with Crippen LogP contribution in [-0.4, -0.2) is 25.1 Å². The van der Waals surface area contributed by atoms with Crippen LogP contribution < -0.4 is 0 Å². The first-order chi connectivity index (χ1) is 6.88. The zero-order chi connectivity index (χ0) is 11.5. The highest BCUT2D eigenvalue weighted by Crippen LogP contribution is 2.20. The Morgan fingerprint density at radius 1 is 1.13 bits per heavy atom. The van der Waals surface area contributed by atoms with Gasteiger partial charge in [0.25, 0.3) is 0 Å². The lowest BCUT2D eigenvalue weighted by Crippen LogP contribution is -2.02. The first-order valence-electron chi connectivity index (χ1n) is 4.39. The van der Waals surface area contributed by atoms with Crippen LogP contribution in [0.2, 0.25) is 0 Å². The second kappa shape index (κ2) is 4.46. The quantitative estimate of drug-likeness (QED) is 0.358. The SMILES string of the molecule is C[N+]1=CCc2ccccc21.F[B-](F)(F)F. The molecule has 0 fully saturated rings. The van der Waals surface area contributed by atoms with Crippen molar-refractivity contribution in [2.45, 2.75) is 6.42 Å². The summed E-state index contributed by atoms with van der Waals surface area (Å²) in [6, 6.07) is 8.49. The maximum absolute atomic E-state index is 9.75. The van der Waals surface area contributed by atoms with Gasteiger partial charge in [-0.2, -0.15) is 0 Å². The van der Waals surface area contributed by atoms with Gasteiger partial charge < -0.3 is 17.3 Å². The molecule has 0 N–H and O–H groups in total. The fraction of sp³-hybridized carbons (Fsp3) is 0.222. The van der Waals surface area contributed by atoms with Crippen LogP contribution in [0.4, 0.5) is 23.0 Å². The monoisotopic (exact) mass is 219 g/mol. The summed E-state index contributed by atoms with van der Waals surface area (Å²) in [7, 11) is -3.91. The van der Waals surface area contributed by atoms with Crippen molar-refractivity contribution < 1.29 is 21.8 Å². The molecule has 6 heteroatoms. The summed E-state index contributed by atoms with van der Waals surface area (Å²) in [5.74, 6) is 0. The third-order valence-corrected chi connectivity index (χ3v) is 1.96. The van der Waals surface area contributed by atoms with Crippen molar-refractivity contribution in [2.24, 2.45) is 0 Å². The Hall–Kier alpha value is -1.33. The van der Waals surface area contributed by atoms with Gasteiger partial charge >= 0.3 is 7.25 Å². The molecular weight excluding hydrogens is 209 g/mol. The normalized spacial score (nSPS) is 13.8. The maximum Gasteiger partial charge on any atom is 0.673 e. The van der Waals surface area contributed by atoms with E-state index >= 15 is 0 Å². The molecule has 1 nitrogen and oxygen atoms in total. The van der Waals surface area contributed by atoms with Gasteiger partial charge in [-0.15, -0.1) is 0 Å². The van der Waals surface area contributed by atoms with E-state index in [0.717, 1.165) is 6.42 Å². The van der Waals surface area contributed by atoms with Crippen LogP contribution in [0.1, 0.15) is 5.56 Å². The van der Waals surface area contributed by atoms with Gasteiger partial charge in [-0.3, -0.25) is 0 Å². The molecular formula is C9H10BF4N. The average molecular weight is 219 g/mol.